The van der Waals surface area contributed by atoms with Crippen LogP contribution >= 0.6 is 0 Å². The number of hydrogen-bond donors (Lipinski definition) is 1. The molecule has 0 aliphatic rings. The molecule has 0 atom stereocenters. The van der Waals surface area contributed by atoms with Gasteiger partial charge in [-0.2, -0.15) is 0 Å². The molecule has 0 aromatic heterocycles. The summed E-state index contributed by atoms with van der Waals surface area (Å²) in [5.41, 5.74) is 0. The highest BCUT2D eigenvalue weighted by Crippen LogP contribution is 2.34. The fourth-order valence-corrected chi connectivity index (χ4v) is 4.18. The van der Waals surface area contributed by atoms with Crippen molar-refractivity contribution in [3.63, 3.8) is 0 Å². The molecule has 2 aromatic carbocycles. The van der Waals surface area contributed by atoms with Gasteiger partial charge in [-0.1, -0.05) is 134 Å². The van der Waals surface area contributed by atoms with Gasteiger partial charge in [0, 0.05) is 12.3 Å². The Kier molecular flexibility index (Phi) is 18.6. The van der Waals surface area contributed by atoms with Crippen molar-refractivity contribution in [2.24, 2.45) is 0 Å². The van der Waals surface area contributed by atoms with Crippen molar-refractivity contribution in [1.29, 1.82) is 0 Å². The number of phenolic OH excluding ortho intramolecular Hbond substituents is 1. The van der Waals surface area contributed by atoms with Crippen LogP contribution in [0.15, 0.2) is 36.4 Å². The molecule has 4 heteroatoms. The second-order valence-electron chi connectivity index (χ2n) is 9.48. The number of unbranched alkanes of at least 4 members (excludes halogenated alkanes) is 15. The van der Waals surface area contributed by atoms with E-state index in [1.807, 2.05) is 36.4 Å². The smallest absolute Gasteiger partial charge is 0.302 e. The van der Waals surface area contributed by atoms with Gasteiger partial charge in [-0.3, -0.25) is 4.79 Å². The van der Waals surface area contributed by atoms with Gasteiger partial charge in [0.25, 0.3) is 0 Å². The number of hydrogen-bond acceptors (Lipinski definition) is 4. The predicted octanol–water partition coefficient (Wildman–Crippen LogP) is 9.36. The topological polar surface area (TPSA) is 55.8 Å². The number of carbonyl (C=O) groups is 1. The maximum absolute atomic E-state index is 10.4. The summed E-state index contributed by atoms with van der Waals surface area (Å²) >= 11 is 0. The monoisotopic (exact) mass is 486 g/mol. The molecule has 0 unspecified atom stereocenters. The van der Waals surface area contributed by atoms with Crippen LogP contribution in [0.25, 0.3) is 10.8 Å². The third kappa shape index (κ3) is 15.4. The van der Waals surface area contributed by atoms with E-state index < -0.39 is 0 Å². The standard InChI is InChI=1S/C28H44O2.C3H6O2/c1-2-3-4-5-6-7-8-9-10-11-12-13-14-15-16-19-24-30-27-23-22-25-20-17-18-21-26(25)28(27)29;1-3(4)5-2/h17-18,20-23,29H,2-16,19,24H2,1H3;1-2H3. The molecule has 1 N–H and O–H groups in total. The lowest BCUT2D eigenvalue weighted by Gasteiger charge is -2.10. The third-order valence-corrected chi connectivity index (χ3v) is 6.41. The van der Waals surface area contributed by atoms with Gasteiger partial charge in [0.15, 0.2) is 11.5 Å². The molecule has 2 rings (SSSR count). The number of rotatable bonds is 18. The van der Waals surface area contributed by atoms with Crippen LogP contribution in [-0.2, 0) is 9.53 Å². The summed E-state index contributed by atoms with van der Waals surface area (Å²) in [7, 11) is 1.35. The average Bonchev–Trinajstić information content (AvgIpc) is 2.87. The second-order valence-corrected chi connectivity index (χ2v) is 9.48. The van der Waals surface area contributed by atoms with Gasteiger partial charge in [0.1, 0.15) is 0 Å². The Morgan fingerprint density at radius 3 is 1.66 bits per heavy atom. The molecule has 0 bridgehead atoms. The van der Waals surface area contributed by atoms with Gasteiger partial charge >= 0.3 is 5.97 Å². The minimum absolute atomic E-state index is 0.245. The van der Waals surface area contributed by atoms with Crippen molar-refractivity contribution in [1.82, 2.24) is 0 Å². The van der Waals surface area contributed by atoms with Gasteiger partial charge in [0.2, 0.25) is 0 Å². The van der Waals surface area contributed by atoms with E-state index in [-0.39, 0.29) is 11.7 Å². The molecule has 0 fully saturated rings. The highest BCUT2D eigenvalue weighted by Gasteiger charge is 2.06. The fourth-order valence-electron chi connectivity index (χ4n) is 4.18. The van der Waals surface area contributed by atoms with E-state index in [9.17, 15) is 9.90 Å². The van der Waals surface area contributed by atoms with Crippen LogP contribution in [0.4, 0.5) is 0 Å². The van der Waals surface area contributed by atoms with Crippen molar-refractivity contribution >= 4 is 16.7 Å². The molecule has 0 radical (unpaired) electrons. The number of ether oxygens (including phenoxy) is 2. The zero-order valence-corrected chi connectivity index (χ0v) is 22.7. The lowest BCUT2D eigenvalue weighted by molar-refractivity contribution is -0.137. The first-order chi connectivity index (χ1) is 17.1. The molecule has 4 nitrogen and oxygen atoms in total. The maximum Gasteiger partial charge on any atom is 0.302 e. The van der Waals surface area contributed by atoms with E-state index in [1.54, 1.807) is 0 Å². The van der Waals surface area contributed by atoms with Crippen molar-refractivity contribution in [3.05, 3.63) is 36.4 Å². The van der Waals surface area contributed by atoms with Crippen LogP contribution in [0.3, 0.4) is 0 Å². The lowest BCUT2D eigenvalue weighted by atomic mass is 10.0. The van der Waals surface area contributed by atoms with Crippen molar-refractivity contribution in [3.8, 4) is 11.5 Å². The van der Waals surface area contributed by atoms with Crippen LogP contribution < -0.4 is 4.74 Å². The zero-order valence-electron chi connectivity index (χ0n) is 22.7. The van der Waals surface area contributed by atoms with Crippen LogP contribution in [0, 0.1) is 0 Å². The molecule has 0 saturated heterocycles. The number of carbonyl (C=O) groups excluding carboxylic acids is 1. The Morgan fingerprint density at radius 2 is 1.17 bits per heavy atom. The third-order valence-electron chi connectivity index (χ3n) is 6.41. The van der Waals surface area contributed by atoms with Crippen LogP contribution in [0.5, 0.6) is 11.5 Å². The summed E-state index contributed by atoms with van der Waals surface area (Å²) in [5.74, 6) is 0.629. The Labute approximate surface area is 214 Å². The molecule has 0 amide bonds. The molecule has 35 heavy (non-hydrogen) atoms. The van der Waals surface area contributed by atoms with E-state index >= 15 is 0 Å². The molecular formula is C31H50O4. The van der Waals surface area contributed by atoms with E-state index in [4.69, 9.17) is 4.74 Å². The normalized spacial score (nSPS) is 10.6. The van der Waals surface area contributed by atoms with Crippen LogP contribution in [-0.4, -0.2) is 24.8 Å². The molecular weight excluding hydrogens is 436 g/mol. The number of aromatic hydroxyl groups is 1. The highest BCUT2D eigenvalue weighted by atomic mass is 16.5. The van der Waals surface area contributed by atoms with Gasteiger partial charge in [-0.15, -0.1) is 0 Å². The number of methoxy groups -OCH3 is 1. The molecule has 0 aliphatic carbocycles. The van der Waals surface area contributed by atoms with Crippen LogP contribution in [0.1, 0.15) is 117 Å². The number of benzene rings is 2. The first-order valence-electron chi connectivity index (χ1n) is 14.0. The predicted molar refractivity (Wildman–Crippen MR) is 148 cm³/mol. The zero-order chi connectivity index (χ0) is 25.6. The second kappa shape index (κ2) is 21.1. The lowest BCUT2D eigenvalue weighted by Crippen LogP contribution is -1.97. The summed E-state index contributed by atoms with van der Waals surface area (Å²) in [5, 5.41) is 12.3. The van der Waals surface area contributed by atoms with Gasteiger partial charge < -0.3 is 14.6 Å². The summed E-state index contributed by atoms with van der Waals surface area (Å²) in [4.78, 5) is 9.59. The first kappa shape index (κ1) is 30.8. The van der Waals surface area contributed by atoms with Gasteiger partial charge in [-0.25, -0.2) is 0 Å². The molecule has 2 aromatic rings. The fraction of sp³-hybridized carbons (Fsp3) is 0.645. The summed E-state index contributed by atoms with van der Waals surface area (Å²) in [6.07, 6.45) is 22.0. The first-order valence-corrected chi connectivity index (χ1v) is 14.0. The quantitative estimate of drug-likeness (QED) is 0.168. The Hall–Kier alpha value is -2.23. The summed E-state index contributed by atoms with van der Waals surface area (Å²) in [6.45, 7) is 4.33. The van der Waals surface area contributed by atoms with Gasteiger partial charge in [-0.05, 0) is 17.9 Å². The van der Waals surface area contributed by atoms with Crippen molar-refractivity contribution in [2.75, 3.05) is 13.7 Å². The molecule has 0 heterocycles. The number of esters is 1. The minimum atomic E-state index is -0.245. The molecule has 0 saturated carbocycles. The number of fused-ring (bicyclic) bond motifs is 1. The highest BCUT2D eigenvalue weighted by molar-refractivity contribution is 5.90. The van der Waals surface area contributed by atoms with Gasteiger partial charge in [0.05, 0.1) is 13.7 Å². The SMILES string of the molecule is CCCCCCCCCCCCCCCCCCOc1ccc2ccccc2c1O.COC(C)=O. The van der Waals surface area contributed by atoms with E-state index in [0.29, 0.717) is 12.4 Å². The van der Waals surface area contributed by atoms with E-state index in [1.165, 1.54) is 110 Å². The molecule has 198 valence electrons. The average molecular weight is 487 g/mol. The van der Waals surface area contributed by atoms with Crippen LogP contribution in [0.2, 0.25) is 0 Å². The van der Waals surface area contributed by atoms with Crippen molar-refractivity contribution < 1.29 is 19.4 Å². The molecule has 0 aliphatic heterocycles. The largest absolute Gasteiger partial charge is 0.504 e. The minimum Gasteiger partial charge on any atom is -0.504 e. The molecule has 0 spiro atoms. The summed E-state index contributed by atoms with van der Waals surface area (Å²) < 4.78 is 9.93. The summed E-state index contributed by atoms with van der Waals surface area (Å²) in [6, 6.07) is 11.8. The maximum atomic E-state index is 10.4. The van der Waals surface area contributed by atoms with E-state index in [0.717, 1.165) is 17.2 Å². The number of phenols is 1. The Morgan fingerprint density at radius 1 is 0.714 bits per heavy atom. The van der Waals surface area contributed by atoms with E-state index in [2.05, 4.69) is 11.7 Å². The Balaban J connectivity index is 0.00000111. The van der Waals surface area contributed by atoms with Crippen molar-refractivity contribution in [2.45, 2.75) is 117 Å². The Bertz CT molecular complexity index is 787.